The molecule has 3 nitrogen and oxygen atoms in total. The fourth-order valence-corrected chi connectivity index (χ4v) is 2.78. The number of nitrogens with zero attached hydrogens (tertiary/aromatic N) is 1. The maximum absolute atomic E-state index is 13.1. The molecule has 0 saturated heterocycles. The monoisotopic (exact) mass is 356 g/mol. The first-order valence-corrected chi connectivity index (χ1v) is 9.27. The lowest BCUT2D eigenvalue weighted by Crippen LogP contribution is -2.18. The molecule has 27 heavy (non-hydrogen) atoms. The van der Waals surface area contributed by atoms with Crippen LogP contribution in [0.15, 0.2) is 83.9 Å². The van der Waals surface area contributed by atoms with Crippen LogP contribution in [0.5, 0.6) is 0 Å². The topological polar surface area (TPSA) is 41.5 Å². The van der Waals surface area contributed by atoms with Gasteiger partial charge in [0.25, 0.3) is 0 Å². The van der Waals surface area contributed by atoms with Crippen LogP contribution in [-0.4, -0.2) is 18.0 Å². The lowest BCUT2D eigenvalue weighted by Gasteiger charge is -2.18. The van der Waals surface area contributed by atoms with E-state index in [9.17, 15) is 4.79 Å². The highest BCUT2D eigenvalue weighted by Gasteiger charge is 2.17. The second kappa shape index (κ2) is 8.95. The van der Waals surface area contributed by atoms with Gasteiger partial charge in [0, 0.05) is 28.9 Å². The van der Waals surface area contributed by atoms with E-state index in [2.05, 4.69) is 24.2 Å². The predicted molar refractivity (Wildman–Crippen MR) is 113 cm³/mol. The predicted octanol–water partition coefficient (Wildman–Crippen LogP) is 5.88. The molecule has 0 heterocycles. The first-order valence-electron chi connectivity index (χ1n) is 9.27. The summed E-state index contributed by atoms with van der Waals surface area (Å²) in [6, 6.07) is 25.2. The van der Waals surface area contributed by atoms with E-state index in [4.69, 9.17) is 0 Å². The third-order valence-electron chi connectivity index (χ3n) is 4.49. The maximum Gasteiger partial charge on any atom is 0.195 e. The van der Waals surface area contributed by atoms with Crippen LogP contribution < -0.4 is 5.32 Å². The summed E-state index contributed by atoms with van der Waals surface area (Å²) in [5.41, 5.74) is 3.97. The fraction of sp³-hybridized carbons (Fsp3) is 0.167. The van der Waals surface area contributed by atoms with Crippen LogP contribution in [0.2, 0.25) is 0 Å². The number of ketones is 1. The zero-order valence-corrected chi connectivity index (χ0v) is 15.7. The molecule has 0 bridgehead atoms. The molecule has 3 heteroatoms. The summed E-state index contributed by atoms with van der Waals surface area (Å²) < 4.78 is 0. The molecule has 0 amide bonds. The molecule has 0 saturated carbocycles. The summed E-state index contributed by atoms with van der Waals surface area (Å²) in [4.78, 5) is 17.6. The summed E-state index contributed by atoms with van der Waals surface area (Å²) in [6.07, 6.45) is 2.78. The van der Waals surface area contributed by atoms with Gasteiger partial charge < -0.3 is 5.32 Å². The van der Waals surface area contributed by atoms with E-state index in [1.165, 1.54) is 0 Å². The van der Waals surface area contributed by atoms with Gasteiger partial charge in [-0.05, 0) is 31.5 Å². The molecule has 0 spiro atoms. The Morgan fingerprint density at radius 3 is 2.30 bits per heavy atom. The second-order valence-electron chi connectivity index (χ2n) is 6.51. The van der Waals surface area contributed by atoms with Gasteiger partial charge >= 0.3 is 0 Å². The molecule has 1 N–H and O–H groups in total. The van der Waals surface area contributed by atoms with E-state index >= 15 is 0 Å². The zero-order chi connectivity index (χ0) is 19.1. The van der Waals surface area contributed by atoms with Gasteiger partial charge in [-0.25, -0.2) is 0 Å². The molecule has 1 unspecified atom stereocenters. The Bertz CT molecular complexity index is 918. The number of hydrogen-bond acceptors (Lipinski definition) is 3. The van der Waals surface area contributed by atoms with Gasteiger partial charge in [0.05, 0.1) is 11.4 Å². The van der Waals surface area contributed by atoms with Crippen molar-refractivity contribution in [3.05, 3.63) is 95.6 Å². The van der Waals surface area contributed by atoms with Gasteiger partial charge in [-0.15, -0.1) is 0 Å². The molecule has 3 aromatic carbocycles. The number of benzene rings is 3. The van der Waals surface area contributed by atoms with Crippen LogP contribution >= 0.6 is 0 Å². The molecule has 0 aliphatic heterocycles. The van der Waals surface area contributed by atoms with Gasteiger partial charge in [-0.3, -0.25) is 9.79 Å². The van der Waals surface area contributed by atoms with Crippen LogP contribution in [0.25, 0.3) is 0 Å². The summed E-state index contributed by atoms with van der Waals surface area (Å²) in [6.45, 7) is 4.24. The van der Waals surface area contributed by atoms with Gasteiger partial charge in [0.15, 0.2) is 5.78 Å². The van der Waals surface area contributed by atoms with Gasteiger partial charge in [-0.2, -0.15) is 0 Å². The number of rotatable bonds is 7. The number of para-hydroxylation sites is 2. The first kappa shape index (κ1) is 18.6. The Morgan fingerprint density at radius 2 is 1.63 bits per heavy atom. The van der Waals surface area contributed by atoms with Gasteiger partial charge in [0.2, 0.25) is 0 Å². The minimum absolute atomic E-state index is 0.0105. The van der Waals surface area contributed by atoms with Crippen molar-refractivity contribution in [2.45, 2.75) is 26.3 Å². The molecule has 0 radical (unpaired) electrons. The molecule has 0 aliphatic carbocycles. The molecule has 136 valence electrons. The number of anilines is 1. The number of nitrogens with one attached hydrogen (secondary N) is 1. The lowest BCUT2D eigenvalue weighted by atomic mass is 9.98. The summed E-state index contributed by atoms with van der Waals surface area (Å²) >= 11 is 0. The average Bonchev–Trinajstić information content (AvgIpc) is 2.73. The van der Waals surface area contributed by atoms with Crippen LogP contribution in [0.4, 0.5) is 11.4 Å². The van der Waals surface area contributed by atoms with Gasteiger partial charge in [0.1, 0.15) is 0 Å². The summed E-state index contributed by atoms with van der Waals surface area (Å²) in [7, 11) is 0. The molecule has 0 fully saturated rings. The van der Waals surface area contributed by atoms with E-state index in [0.29, 0.717) is 11.1 Å². The molecule has 3 rings (SSSR count). The van der Waals surface area contributed by atoms with Crippen LogP contribution in [0.1, 0.15) is 41.8 Å². The summed E-state index contributed by atoms with van der Waals surface area (Å²) in [5, 5.41) is 3.50. The van der Waals surface area contributed by atoms with Crippen LogP contribution in [-0.2, 0) is 0 Å². The minimum atomic E-state index is 0.0105. The van der Waals surface area contributed by atoms with Crippen molar-refractivity contribution in [2.75, 3.05) is 5.32 Å². The SMILES string of the molecule is CCC(C)Nc1c(C=Nc2ccccc2)cccc1C(=O)c1ccccc1. The fourth-order valence-electron chi connectivity index (χ4n) is 2.78. The number of carbonyl (C=O) groups is 1. The van der Waals surface area contributed by atoms with E-state index in [1.807, 2.05) is 85.1 Å². The molecule has 0 aromatic heterocycles. The molecule has 3 aromatic rings. The number of hydrogen-bond donors (Lipinski definition) is 1. The number of aliphatic imine (C=N–C) groups is 1. The highest BCUT2D eigenvalue weighted by molar-refractivity contribution is 6.14. The van der Waals surface area contributed by atoms with Crippen molar-refractivity contribution < 1.29 is 4.79 Å². The van der Waals surface area contributed by atoms with Crippen molar-refractivity contribution in [3.8, 4) is 0 Å². The van der Waals surface area contributed by atoms with Crippen LogP contribution in [0, 0.1) is 0 Å². The second-order valence-corrected chi connectivity index (χ2v) is 6.51. The molecular weight excluding hydrogens is 332 g/mol. The highest BCUT2D eigenvalue weighted by Crippen LogP contribution is 2.25. The van der Waals surface area contributed by atoms with Crippen molar-refractivity contribution in [2.24, 2.45) is 4.99 Å². The smallest absolute Gasteiger partial charge is 0.195 e. The Hall–Kier alpha value is -3.20. The third-order valence-corrected chi connectivity index (χ3v) is 4.49. The van der Waals surface area contributed by atoms with Crippen molar-refractivity contribution >= 4 is 23.4 Å². The van der Waals surface area contributed by atoms with E-state index in [-0.39, 0.29) is 11.8 Å². The first-order chi connectivity index (χ1) is 13.2. The maximum atomic E-state index is 13.1. The normalized spacial score (nSPS) is 12.1. The Balaban J connectivity index is 2.02. The van der Waals surface area contributed by atoms with Crippen LogP contribution in [0.3, 0.4) is 0 Å². The Labute approximate surface area is 160 Å². The van der Waals surface area contributed by atoms with Crippen molar-refractivity contribution in [3.63, 3.8) is 0 Å². The van der Waals surface area contributed by atoms with E-state index in [0.717, 1.165) is 23.4 Å². The van der Waals surface area contributed by atoms with Crippen molar-refractivity contribution in [1.82, 2.24) is 0 Å². The third kappa shape index (κ3) is 4.70. The molecular formula is C24H24N2O. The molecule has 0 aliphatic rings. The summed E-state index contributed by atoms with van der Waals surface area (Å²) in [5.74, 6) is 0.0105. The standard InChI is InChI=1S/C24H24N2O/c1-3-18(2)26-23-20(17-25-21-14-8-5-9-15-21)13-10-16-22(23)24(27)19-11-6-4-7-12-19/h4-18,26H,3H2,1-2H3. The zero-order valence-electron chi connectivity index (χ0n) is 15.7. The molecule has 1 atom stereocenters. The lowest BCUT2D eigenvalue weighted by molar-refractivity contribution is 0.103. The van der Waals surface area contributed by atoms with Crippen molar-refractivity contribution in [1.29, 1.82) is 0 Å². The largest absolute Gasteiger partial charge is 0.381 e. The van der Waals surface area contributed by atoms with Gasteiger partial charge in [-0.1, -0.05) is 67.6 Å². The quantitative estimate of drug-likeness (QED) is 0.424. The average molecular weight is 356 g/mol. The van der Waals surface area contributed by atoms with E-state index in [1.54, 1.807) is 0 Å². The highest BCUT2D eigenvalue weighted by atomic mass is 16.1. The Kier molecular flexibility index (Phi) is 6.16. The minimum Gasteiger partial charge on any atom is -0.381 e. The Morgan fingerprint density at radius 1 is 0.963 bits per heavy atom. The number of carbonyl (C=O) groups excluding carboxylic acids is 1. The van der Waals surface area contributed by atoms with E-state index < -0.39 is 0 Å².